The second-order valence-electron chi connectivity index (χ2n) is 10.2. The van der Waals surface area contributed by atoms with Gasteiger partial charge in [0.2, 0.25) is 0 Å². The van der Waals surface area contributed by atoms with Crippen molar-refractivity contribution in [3.63, 3.8) is 0 Å². The molecule has 0 radical (unpaired) electrons. The molecule has 0 fully saturated rings. The zero-order valence-electron chi connectivity index (χ0n) is 22.7. The standard InChI is InChI=1S/C32H29F3INO3S/c1-30(28-17-24(36)20-41-28)18-27(32(33,34)35)40-29(37-30)19-31(21-7-5-4-6-8-21,22-9-13-25(38-2)14-10-22)23-11-15-26(39-3)16-12-23/h4-17,20,27H,18-19H2,1-3H3/t27-,30-/m0/s1. The van der Waals surface area contributed by atoms with E-state index in [0.29, 0.717) is 11.5 Å². The van der Waals surface area contributed by atoms with E-state index in [2.05, 4.69) is 22.6 Å². The van der Waals surface area contributed by atoms with Crippen LogP contribution in [-0.2, 0) is 15.7 Å². The van der Waals surface area contributed by atoms with Crippen molar-refractivity contribution >= 4 is 39.8 Å². The summed E-state index contributed by atoms with van der Waals surface area (Å²) in [4.78, 5) is 5.72. The number of thiophene rings is 1. The highest BCUT2D eigenvalue weighted by molar-refractivity contribution is 14.1. The van der Waals surface area contributed by atoms with Crippen LogP contribution in [0.25, 0.3) is 0 Å². The maximum atomic E-state index is 14.3. The van der Waals surface area contributed by atoms with Crippen molar-refractivity contribution in [1.29, 1.82) is 0 Å². The number of aliphatic imine (C=N–C) groups is 1. The Labute approximate surface area is 255 Å². The number of hydrogen-bond acceptors (Lipinski definition) is 5. The predicted molar refractivity (Wildman–Crippen MR) is 164 cm³/mol. The van der Waals surface area contributed by atoms with Gasteiger partial charge in [-0.25, -0.2) is 4.99 Å². The first-order chi connectivity index (χ1) is 19.6. The van der Waals surface area contributed by atoms with Gasteiger partial charge in [0.05, 0.1) is 25.2 Å². The number of alkyl halides is 3. The van der Waals surface area contributed by atoms with Crippen molar-refractivity contribution in [2.24, 2.45) is 4.99 Å². The summed E-state index contributed by atoms with van der Waals surface area (Å²) in [5.74, 6) is 1.40. The topological polar surface area (TPSA) is 40.0 Å². The quantitative estimate of drug-likeness (QED) is 0.137. The first-order valence-electron chi connectivity index (χ1n) is 13.0. The molecule has 0 unspecified atom stereocenters. The molecule has 1 aliphatic rings. The van der Waals surface area contributed by atoms with Crippen LogP contribution in [0, 0.1) is 3.57 Å². The Morgan fingerprint density at radius 3 is 1.90 bits per heavy atom. The van der Waals surface area contributed by atoms with E-state index in [-0.39, 0.29) is 18.7 Å². The summed E-state index contributed by atoms with van der Waals surface area (Å²) in [6.07, 6.45) is -6.76. The van der Waals surface area contributed by atoms with Gasteiger partial charge in [-0.2, -0.15) is 13.2 Å². The number of methoxy groups -OCH3 is 2. The molecule has 9 heteroatoms. The molecule has 4 nitrogen and oxygen atoms in total. The largest absolute Gasteiger partial charge is 0.497 e. The van der Waals surface area contributed by atoms with Gasteiger partial charge in [0.1, 0.15) is 11.5 Å². The van der Waals surface area contributed by atoms with Crippen LogP contribution in [0.2, 0.25) is 0 Å². The van der Waals surface area contributed by atoms with Crippen LogP contribution in [0.5, 0.6) is 11.5 Å². The first-order valence-corrected chi connectivity index (χ1v) is 14.9. The average molecular weight is 692 g/mol. The Balaban J connectivity index is 1.74. The molecule has 5 rings (SSSR count). The summed E-state index contributed by atoms with van der Waals surface area (Å²) in [6, 6.07) is 26.9. The first kappa shape index (κ1) is 29.4. The highest BCUT2D eigenvalue weighted by Crippen LogP contribution is 2.48. The molecular weight excluding hydrogens is 662 g/mol. The lowest BCUT2D eigenvalue weighted by Crippen LogP contribution is -2.45. The monoisotopic (exact) mass is 691 g/mol. The molecule has 2 atom stereocenters. The minimum Gasteiger partial charge on any atom is -0.497 e. The lowest BCUT2D eigenvalue weighted by Gasteiger charge is -2.41. The van der Waals surface area contributed by atoms with Gasteiger partial charge in [0.25, 0.3) is 0 Å². The highest BCUT2D eigenvalue weighted by Gasteiger charge is 2.51. The second kappa shape index (κ2) is 11.7. The van der Waals surface area contributed by atoms with Crippen LogP contribution in [-0.4, -0.2) is 32.4 Å². The molecule has 1 aromatic heterocycles. The van der Waals surface area contributed by atoms with Crippen molar-refractivity contribution in [2.45, 2.75) is 43.0 Å². The summed E-state index contributed by atoms with van der Waals surface area (Å²) < 4.78 is 60.6. The zero-order valence-corrected chi connectivity index (χ0v) is 25.7. The van der Waals surface area contributed by atoms with Gasteiger partial charge in [-0.05, 0) is 76.5 Å². The van der Waals surface area contributed by atoms with Gasteiger partial charge in [-0.1, -0.05) is 54.6 Å². The third kappa shape index (κ3) is 5.97. The third-order valence-electron chi connectivity index (χ3n) is 7.54. The molecule has 1 aliphatic heterocycles. The van der Waals surface area contributed by atoms with Crippen LogP contribution in [0.1, 0.15) is 41.3 Å². The molecule has 41 heavy (non-hydrogen) atoms. The molecule has 0 bridgehead atoms. The van der Waals surface area contributed by atoms with Crippen molar-refractivity contribution in [3.8, 4) is 11.5 Å². The van der Waals surface area contributed by atoms with E-state index in [1.165, 1.54) is 11.3 Å². The molecule has 0 saturated carbocycles. The van der Waals surface area contributed by atoms with E-state index in [0.717, 1.165) is 25.1 Å². The summed E-state index contributed by atoms with van der Waals surface area (Å²) in [5, 5.41) is 1.93. The predicted octanol–water partition coefficient (Wildman–Crippen LogP) is 8.76. The minimum absolute atomic E-state index is 0.0555. The number of nitrogens with zero attached hydrogens (tertiary/aromatic N) is 1. The Morgan fingerprint density at radius 1 is 0.902 bits per heavy atom. The number of halogens is 4. The maximum absolute atomic E-state index is 14.3. The zero-order chi connectivity index (χ0) is 29.3. The van der Waals surface area contributed by atoms with Gasteiger partial charge in [0.15, 0.2) is 12.0 Å². The Morgan fingerprint density at radius 2 is 1.44 bits per heavy atom. The lowest BCUT2D eigenvalue weighted by molar-refractivity contribution is -0.208. The van der Waals surface area contributed by atoms with Crippen LogP contribution in [0.3, 0.4) is 0 Å². The summed E-state index contributed by atoms with van der Waals surface area (Å²) in [7, 11) is 3.19. The van der Waals surface area contributed by atoms with Crippen molar-refractivity contribution in [1.82, 2.24) is 0 Å². The van der Waals surface area contributed by atoms with Gasteiger partial charge in [0, 0.05) is 26.7 Å². The fourth-order valence-corrected chi connectivity index (χ4v) is 7.23. The Bertz CT molecular complexity index is 1460. The smallest absolute Gasteiger partial charge is 0.425 e. The average Bonchev–Trinajstić information content (AvgIpc) is 3.43. The molecule has 2 heterocycles. The van der Waals surface area contributed by atoms with E-state index in [4.69, 9.17) is 19.2 Å². The fraction of sp³-hybridized carbons (Fsp3) is 0.281. The molecule has 0 amide bonds. The van der Waals surface area contributed by atoms with Crippen molar-refractivity contribution in [2.75, 3.05) is 14.2 Å². The van der Waals surface area contributed by atoms with Gasteiger partial charge >= 0.3 is 6.18 Å². The Kier molecular flexibility index (Phi) is 8.39. The maximum Gasteiger partial charge on any atom is 0.425 e. The van der Waals surface area contributed by atoms with Crippen LogP contribution < -0.4 is 9.47 Å². The van der Waals surface area contributed by atoms with Crippen LogP contribution in [0.15, 0.2) is 95.3 Å². The normalized spacial score (nSPS) is 19.3. The van der Waals surface area contributed by atoms with Crippen molar-refractivity contribution in [3.05, 3.63) is 115 Å². The van der Waals surface area contributed by atoms with Gasteiger partial charge in [-0.3, -0.25) is 0 Å². The van der Waals surface area contributed by atoms with Crippen LogP contribution in [0.4, 0.5) is 13.2 Å². The summed E-state index contributed by atoms with van der Waals surface area (Å²) in [6.45, 7) is 1.77. The summed E-state index contributed by atoms with van der Waals surface area (Å²) >= 11 is 3.59. The summed E-state index contributed by atoms with van der Waals surface area (Å²) in [5.41, 5.74) is 0.592. The minimum atomic E-state index is -4.55. The van der Waals surface area contributed by atoms with Gasteiger partial charge < -0.3 is 14.2 Å². The molecule has 4 aromatic rings. The molecular formula is C32H29F3INO3S. The second-order valence-corrected chi connectivity index (χ2v) is 12.3. The fourth-order valence-electron chi connectivity index (χ4n) is 5.44. The van der Waals surface area contributed by atoms with E-state index >= 15 is 0 Å². The Hall–Kier alpha value is -3.05. The highest BCUT2D eigenvalue weighted by atomic mass is 127. The number of rotatable bonds is 8. The molecule has 0 spiro atoms. The molecule has 3 aromatic carbocycles. The third-order valence-corrected chi connectivity index (χ3v) is 9.77. The van der Waals surface area contributed by atoms with Gasteiger partial charge in [-0.15, -0.1) is 11.3 Å². The van der Waals surface area contributed by atoms with Crippen molar-refractivity contribution < 1.29 is 27.4 Å². The number of benzene rings is 3. The van der Waals surface area contributed by atoms with Crippen LogP contribution >= 0.6 is 33.9 Å². The molecule has 0 N–H and O–H groups in total. The lowest BCUT2D eigenvalue weighted by atomic mass is 9.67. The molecule has 214 valence electrons. The number of hydrogen-bond donors (Lipinski definition) is 0. The molecule has 0 saturated heterocycles. The van der Waals surface area contributed by atoms with E-state index in [9.17, 15) is 13.2 Å². The van der Waals surface area contributed by atoms with E-state index in [1.54, 1.807) is 21.1 Å². The van der Waals surface area contributed by atoms with E-state index < -0.39 is 23.2 Å². The van der Waals surface area contributed by atoms with E-state index in [1.807, 2.05) is 90.3 Å². The SMILES string of the molecule is COc1ccc(C(CC2=N[C@](C)(c3cc(I)cs3)C[C@@H](C(F)(F)F)O2)(c2ccccc2)c2ccc(OC)cc2)cc1. The number of ether oxygens (including phenoxy) is 3. The molecule has 0 aliphatic carbocycles.